The summed E-state index contributed by atoms with van der Waals surface area (Å²) in [7, 11) is 0. The van der Waals surface area contributed by atoms with Gasteiger partial charge in [0.25, 0.3) is 0 Å². The van der Waals surface area contributed by atoms with Gasteiger partial charge >= 0.3 is 12.1 Å². The molecule has 0 spiro atoms. The van der Waals surface area contributed by atoms with Gasteiger partial charge in [0, 0.05) is 5.02 Å². The Morgan fingerprint density at radius 1 is 0.971 bits per heavy atom. The number of Topliss-reactive ketones (excluding diaryl/α,β-unsaturated/α-hetero) is 1. The summed E-state index contributed by atoms with van der Waals surface area (Å²) in [5, 5.41) is 2.44. The summed E-state index contributed by atoms with van der Waals surface area (Å²) < 4.78 is 10.3. The zero-order valence-electron chi connectivity index (χ0n) is 19.8. The van der Waals surface area contributed by atoms with Crippen LogP contribution in [-0.2, 0) is 30.5 Å². The quantitative estimate of drug-likeness (QED) is 0.442. The smallest absolute Gasteiger partial charge is 0.414 e. The number of hydrogen-bond donors (Lipinski definition) is 3. The van der Waals surface area contributed by atoms with Crippen molar-refractivity contribution in [1.82, 2.24) is 5.32 Å². The molecule has 2 aromatic carbocycles. The average molecular weight is 504 g/mol. The van der Waals surface area contributed by atoms with E-state index in [0.29, 0.717) is 10.6 Å². The van der Waals surface area contributed by atoms with Crippen LogP contribution in [0.3, 0.4) is 0 Å². The first-order valence-electron chi connectivity index (χ1n) is 10.9. The summed E-state index contributed by atoms with van der Waals surface area (Å²) in [5.41, 5.74) is 12.4. The van der Waals surface area contributed by atoms with Gasteiger partial charge in [-0.25, -0.2) is 4.79 Å². The summed E-state index contributed by atoms with van der Waals surface area (Å²) in [5.74, 6) is -3.55. The molecule has 3 atom stereocenters. The second-order valence-corrected chi connectivity index (χ2v) is 9.34. The van der Waals surface area contributed by atoms with Crippen LogP contribution in [0.4, 0.5) is 4.79 Å². The Kier molecular flexibility index (Phi) is 9.94. The van der Waals surface area contributed by atoms with E-state index in [-0.39, 0.29) is 6.61 Å². The number of carbonyl (C=O) groups excluding carboxylic acids is 4. The van der Waals surface area contributed by atoms with Crippen LogP contribution < -0.4 is 16.8 Å². The van der Waals surface area contributed by atoms with E-state index in [4.69, 9.17) is 32.5 Å². The molecule has 10 heteroatoms. The summed E-state index contributed by atoms with van der Waals surface area (Å²) >= 11 is 5.94. The van der Waals surface area contributed by atoms with Gasteiger partial charge in [-0.2, -0.15) is 0 Å². The number of imide groups is 1. The Balaban J connectivity index is 2.14. The van der Waals surface area contributed by atoms with Crippen LogP contribution in [0.25, 0.3) is 0 Å². The number of rotatable bonds is 9. The Hall–Kier alpha value is -3.27. The average Bonchev–Trinajstić information content (AvgIpc) is 2.78. The molecule has 2 amide bonds. The molecule has 2 aromatic rings. The lowest BCUT2D eigenvalue weighted by atomic mass is 9.84. The van der Waals surface area contributed by atoms with Crippen LogP contribution in [-0.4, -0.2) is 41.4 Å². The zero-order valence-corrected chi connectivity index (χ0v) is 20.6. The van der Waals surface area contributed by atoms with E-state index in [9.17, 15) is 19.2 Å². The van der Waals surface area contributed by atoms with Gasteiger partial charge in [0.1, 0.15) is 12.2 Å². The maximum absolute atomic E-state index is 13.3. The fourth-order valence-corrected chi connectivity index (χ4v) is 3.29. The predicted molar refractivity (Wildman–Crippen MR) is 130 cm³/mol. The maximum atomic E-state index is 13.3. The lowest BCUT2D eigenvalue weighted by Crippen LogP contribution is -2.52. The summed E-state index contributed by atoms with van der Waals surface area (Å²) in [4.78, 5) is 50.2. The van der Waals surface area contributed by atoms with Gasteiger partial charge in [0.05, 0.1) is 24.4 Å². The van der Waals surface area contributed by atoms with E-state index in [2.05, 4.69) is 0 Å². The maximum Gasteiger partial charge on any atom is 0.414 e. The number of nitrogens with one attached hydrogen (secondary N) is 1. The van der Waals surface area contributed by atoms with Crippen molar-refractivity contribution in [3.05, 3.63) is 70.7 Å². The molecule has 0 aliphatic carbocycles. The number of amides is 2. The van der Waals surface area contributed by atoms with Crippen molar-refractivity contribution in [2.75, 3.05) is 0 Å². The van der Waals surface area contributed by atoms with Crippen molar-refractivity contribution < 1.29 is 28.7 Å². The zero-order chi connectivity index (χ0) is 26.2. The predicted octanol–water partition coefficient (Wildman–Crippen LogP) is 2.83. The molecule has 188 valence electrons. The van der Waals surface area contributed by atoms with Crippen LogP contribution >= 0.6 is 11.6 Å². The molecular weight excluding hydrogens is 474 g/mol. The van der Waals surface area contributed by atoms with Crippen LogP contribution in [0.1, 0.15) is 44.2 Å². The molecule has 0 saturated heterocycles. The van der Waals surface area contributed by atoms with Crippen molar-refractivity contribution >= 4 is 35.4 Å². The highest BCUT2D eigenvalue weighted by molar-refractivity contribution is 6.30. The fourth-order valence-electron chi connectivity index (χ4n) is 3.17. The van der Waals surface area contributed by atoms with Gasteiger partial charge in [-0.15, -0.1) is 0 Å². The third kappa shape index (κ3) is 9.12. The molecule has 5 N–H and O–H groups in total. The molecule has 0 fully saturated rings. The molecule has 0 aliphatic heterocycles. The third-order valence-corrected chi connectivity index (χ3v) is 5.07. The van der Waals surface area contributed by atoms with Crippen molar-refractivity contribution in [2.24, 2.45) is 11.5 Å². The minimum atomic E-state index is -1.50. The Morgan fingerprint density at radius 3 is 2.14 bits per heavy atom. The number of esters is 1. The monoisotopic (exact) mass is 503 g/mol. The van der Waals surface area contributed by atoms with E-state index in [1.54, 1.807) is 45.0 Å². The van der Waals surface area contributed by atoms with Crippen molar-refractivity contribution in [3.8, 4) is 0 Å². The van der Waals surface area contributed by atoms with E-state index in [1.165, 1.54) is 24.3 Å². The highest BCUT2D eigenvalue weighted by atomic mass is 35.5. The van der Waals surface area contributed by atoms with Crippen molar-refractivity contribution in [3.63, 3.8) is 0 Å². The molecule has 0 bridgehead atoms. The number of alkyl carbamates (subject to hydrolysis) is 1. The molecule has 2 rings (SSSR count). The topological polar surface area (TPSA) is 151 Å². The number of halogens is 1. The molecule has 35 heavy (non-hydrogen) atoms. The number of carbonyl (C=O) groups is 4. The fraction of sp³-hybridized carbons (Fsp3) is 0.360. The molecule has 0 aliphatic rings. The molecule has 9 nitrogen and oxygen atoms in total. The Bertz CT molecular complexity index is 1040. The van der Waals surface area contributed by atoms with E-state index >= 15 is 0 Å². The van der Waals surface area contributed by atoms with Crippen molar-refractivity contribution in [1.29, 1.82) is 0 Å². The van der Waals surface area contributed by atoms with E-state index in [0.717, 1.165) is 5.56 Å². The first-order chi connectivity index (χ1) is 16.4. The van der Waals surface area contributed by atoms with Crippen LogP contribution in [0.15, 0.2) is 54.6 Å². The van der Waals surface area contributed by atoms with E-state index in [1.807, 2.05) is 11.4 Å². The highest BCUT2D eigenvalue weighted by Gasteiger charge is 2.37. The first-order valence-corrected chi connectivity index (χ1v) is 11.3. The molecule has 0 heterocycles. The Labute approximate surface area is 209 Å². The second-order valence-electron chi connectivity index (χ2n) is 8.91. The molecule has 0 radical (unpaired) electrons. The normalized spacial score (nSPS) is 13.8. The SMILES string of the molecule is CC(C)(C)OC(=O)NC(=O)[C@@H](N)C(C(=O)[C@@H](N)CC(=O)OCc1ccccc1)c1ccc(Cl)cc1. The van der Waals surface area contributed by atoms with Crippen LogP contribution in [0.5, 0.6) is 0 Å². The minimum Gasteiger partial charge on any atom is -0.461 e. The van der Waals surface area contributed by atoms with E-state index < -0.39 is 53.8 Å². The molecular formula is C25H30ClN3O6. The number of benzene rings is 2. The number of hydrogen-bond acceptors (Lipinski definition) is 8. The highest BCUT2D eigenvalue weighted by Crippen LogP contribution is 2.24. The number of nitrogens with two attached hydrogens (primary N) is 2. The van der Waals surface area contributed by atoms with Gasteiger partial charge < -0.3 is 20.9 Å². The lowest BCUT2D eigenvalue weighted by Gasteiger charge is -2.25. The number of ether oxygens (including phenoxy) is 2. The minimum absolute atomic E-state index is 0.0268. The number of ketones is 1. The van der Waals surface area contributed by atoms with Crippen molar-refractivity contribution in [2.45, 2.75) is 57.4 Å². The Morgan fingerprint density at radius 2 is 1.57 bits per heavy atom. The first kappa shape index (κ1) is 28.0. The molecule has 0 aromatic heterocycles. The largest absolute Gasteiger partial charge is 0.461 e. The standard InChI is InChI=1S/C25H30ClN3O6/c1-25(2,3)35-24(33)29-23(32)21(28)20(16-9-11-17(26)12-10-16)22(31)18(27)13-19(30)34-14-15-7-5-4-6-8-15/h4-12,18,20-21H,13-14,27-28H2,1-3H3,(H,29,32,33)/t18-,20?,21-/m0/s1. The lowest BCUT2D eigenvalue weighted by molar-refractivity contribution is -0.146. The van der Waals surface area contributed by atoms with Gasteiger partial charge in [-0.1, -0.05) is 54.1 Å². The summed E-state index contributed by atoms with van der Waals surface area (Å²) in [6.07, 6.45) is -1.43. The van der Waals surface area contributed by atoms with Gasteiger partial charge in [-0.05, 0) is 44.0 Å². The second kappa shape index (κ2) is 12.4. The summed E-state index contributed by atoms with van der Waals surface area (Å²) in [6, 6.07) is 12.3. The molecule has 1 unspecified atom stereocenters. The summed E-state index contributed by atoms with van der Waals surface area (Å²) in [6.45, 7) is 4.92. The van der Waals surface area contributed by atoms with Gasteiger partial charge in [0.2, 0.25) is 5.91 Å². The van der Waals surface area contributed by atoms with Gasteiger partial charge in [0.15, 0.2) is 5.78 Å². The molecule has 0 saturated carbocycles. The third-order valence-electron chi connectivity index (χ3n) is 4.82. The van der Waals surface area contributed by atoms with Gasteiger partial charge in [-0.3, -0.25) is 19.7 Å². The van der Waals surface area contributed by atoms with Crippen LogP contribution in [0, 0.1) is 0 Å². The van der Waals surface area contributed by atoms with Crippen LogP contribution in [0.2, 0.25) is 5.02 Å².